The Labute approximate surface area is 122 Å². The van der Waals surface area contributed by atoms with E-state index in [1.54, 1.807) is 6.20 Å². The van der Waals surface area contributed by atoms with Gasteiger partial charge in [0.25, 0.3) is 5.91 Å². The molecule has 1 fully saturated rings. The summed E-state index contributed by atoms with van der Waals surface area (Å²) in [5.41, 5.74) is 1.45. The molecule has 0 aliphatic heterocycles. The van der Waals surface area contributed by atoms with Crippen LogP contribution in [-0.4, -0.2) is 39.5 Å². The summed E-state index contributed by atoms with van der Waals surface area (Å²) in [4.78, 5) is 28.5. The SMILES string of the molecule is O=C(O)CN(C(=O)c1c[nH]c2ccccc12)C1CCCC1. The van der Waals surface area contributed by atoms with Crippen LogP contribution in [0.15, 0.2) is 30.5 Å². The number of aliphatic carboxylic acids is 1. The van der Waals surface area contributed by atoms with Crippen molar-refractivity contribution in [2.45, 2.75) is 31.7 Å². The molecule has 2 N–H and O–H groups in total. The maximum absolute atomic E-state index is 12.8. The van der Waals surface area contributed by atoms with Crippen LogP contribution in [0.25, 0.3) is 10.9 Å². The largest absolute Gasteiger partial charge is 0.480 e. The number of H-pyrrole nitrogens is 1. The second-order valence-electron chi connectivity index (χ2n) is 5.51. The molecule has 1 saturated carbocycles. The highest BCUT2D eigenvalue weighted by molar-refractivity contribution is 6.07. The molecule has 0 saturated heterocycles. The summed E-state index contributed by atoms with van der Waals surface area (Å²) < 4.78 is 0. The van der Waals surface area contributed by atoms with Gasteiger partial charge in [0.1, 0.15) is 6.54 Å². The van der Waals surface area contributed by atoms with Gasteiger partial charge in [0, 0.05) is 23.1 Å². The molecule has 0 radical (unpaired) electrons. The van der Waals surface area contributed by atoms with Gasteiger partial charge in [-0.05, 0) is 18.9 Å². The number of benzene rings is 1. The first kappa shape index (κ1) is 13.7. The highest BCUT2D eigenvalue weighted by Gasteiger charge is 2.30. The molecule has 1 aromatic carbocycles. The average molecular weight is 286 g/mol. The standard InChI is InChI=1S/C16H18N2O3/c19-15(20)10-18(11-5-1-2-6-11)16(21)13-9-17-14-8-4-3-7-12(13)14/h3-4,7-9,11,17H,1-2,5-6,10H2,(H,19,20). The minimum Gasteiger partial charge on any atom is -0.480 e. The summed E-state index contributed by atoms with van der Waals surface area (Å²) in [7, 11) is 0. The number of carbonyl (C=O) groups excluding carboxylic acids is 1. The van der Waals surface area contributed by atoms with E-state index in [1.165, 1.54) is 4.90 Å². The van der Waals surface area contributed by atoms with Crippen LogP contribution in [0.5, 0.6) is 0 Å². The van der Waals surface area contributed by atoms with Gasteiger partial charge in [-0.3, -0.25) is 9.59 Å². The van der Waals surface area contributed by atoms with Crippen LogP contribution in [0.4, 0.5) is 0 Å². The number of fused-ring (bicyclic) bond motifs is 1. The smallest absolute Gasteiger partial charge is 0.323 e. The second-order valence-corrected chi connectivity index (χ2v) is 5.51. The Hall–Kier alpha value is -2.30. The first-order valence-electron chi connectivity index (χ1n) is 7.25. The highest BCUT2D eigenvalue weighted by Crippen LogP contribution is 2.27. The number of nitrogens with one attached hydrogen (secondary N) is 1. The van der Waals surface area contributed by atoms with E-state index in [0.717, 1.165) is 36.6 Å². The lowest BCUT2D eigenvalue weighted by Crippen LogP contribution is -2.42. The number of carboxylic acid groups (broad SMARTS) is 1. The first-order valence-corrected chi connectivity index (χ1v) is 7.25. The lowest BCUT2D eigenvalue weighted by atomic mass is 10.1. The minimum absolute atomic E-state index is 0.0438. The van der Waals surface area contributed by atoms with Gasteiger partial charge in [0.15, 0.2) is 0 Å². The van der Waals surface area contributed by atoms with Crippen molar-refractivity contribution in [3.8, 4) is 0 Å². The normalized spacial score (nSPS) is 15.4. The number of hydrogen-bond donors (Lipinski definition) is 2. The Balaban J connectivity index is 1.94. The van der Waals surface area contributed by atoms with Gasteiger partial charge in [-0.2, -0.15) is 0 Å². The molecule has 1 heterocycles. The Bertz CT molecular complexity index is 671. The topological polar surface area (TPSA) is 73.4 Å². The fourth-order valence-electron chi connectivity index (χ4n) is 3.13. The van der Waals surface area contributed by atoms with Crippen molar-refractivity contribution in [1.82, 2.24) is 9.88 Å². The summed E-state index contributed by atoms with van der Waals surface area (Å²) in [5.74, 6) is -1.16. The van der Waals surface area contributed by atoms with Crippen molar-refractivity contribution in [3.05, 3.63) is 36.0 Å². The third-order valence-electron chi connectivity index (χ3n) is 4.15. The number of aromatic amines is 1. The van der Waals surface area contributed by atoms with Crippen LogP contribution in [0.3, 0.4) is 0 Å². The molecular weight excluding hydrogens is 268 g/mol. The second kappa shape index (κ2) is 5.60. The number of carbonyl (C=O) groups is 2. The number of para-hydroxylation sites is 1. The molecule has 5 heteroatoms. The molecule has 2 aromatic rings. The third-order valence-corrected chi connectivity index (χ3v) is 4.15. The molecule has 1 amide bonds. The number of rotatable bonds is 4. The number of amides is 1. The lowest BCUT2D eigenvalue weighted by Gasteiger charge is -2.27. The fraction of sp³-hybridized carbons (Fsp3) is 0.375. The molecule has 0 bridgehead atoms. The number of nitrogens with zero attached hydrogens (tertiary/aromatic N) is 1. The number of hydrogen-bond acceptors (Lipinski definition) is 2. The van der Waals surface area contributed by atoms with Crippen molar-refractivity contribution < 1.29 is 14.7 Å². The molecule has 5 nitrogen and oxygen atoms in total. The first-order chi connectivity index (χ1) is 10.2. The van der Waals surface area contributed by atoms with Gasteiger partial charge in [0.2, 0.25) is 0 Å². The third kappa shape index (κ3) is 2.63. The highest BCUT2D eigenvalue weighted by atomic mass is 16.4. The molecule has 1 aromatic heterocycles. The molecule has 1 aliphatic carbocycles. The monoisotopic (exact) mass is 286 g/mol. The molecule has 110 valence electrons. The number of carboxylic acids is 1. The van der Waals surface area contributed by atoms with Gasteiger partial charge in [-0.1, -0.05) is 31.0 Å². The minimum atomic E-state index is -0.963. The van der Waals surface area contributed by atoms with E-state index < -0.39 is 5.97 Å². The van der Waals surface area contributed by atoms with Crippen molar-refractivity contribution in [2.24, 2.45) is 0 Å². The Morgan fingerprint density at radius 2 is 1.95 bits per heavy atom. The molecule has 3 rings (SSSR count). The zero-order valence-corrected chi connectivity index (χ0v) is 11.7. The molecule has 1 aliphatic rings. The summed E-state index contributed by atoms with van der Waals surface area (Å²) >= 11 is 0. The molecular formula is C16H18N2O3. The van der Waals surface area contributed by atoms with Gasteiger partial charge in [-0.25, -0.2) is 0 Å². The zero-order chi connectivity index (χ0) is 14.8. The average Bonchev–Trinajstić information content (AvgIpc) is 3.13. The van der Waals surface area contributed by atoms with Gasteiger partial charge >= 0.3 is 5.97 Å². The predicted molar refractivity (Wildman–Crippen MR) is 79.2 cm³/mol. The van der Waals surface area contributed by atoms with E-state index in [-0.39, 0.29) is 18.5 Å². The van der Waals surface area contributed by atoms with E-state index in [4.69, 9.17) is 5.11 Å². The molecule has 0 atom stereocenters. The van der Waals surface area contributed by atoms with Crippen LogP contribution in [0, 0.1) is 0 Å². The van der Waals surface area contributed by atoms with Crippen LogP contribution in [-0.2, 0) is 4.79 Å². The van der Waals surface area contributed by atoms with Crippen LogP contribution in [0.2, 0.25) is 0 Å². The van der Waals surface area contributed by atoms with Gasteiger partial charge in [-0.15, -0.1) is 0 Å². The van der Waals surface area contributed by atoms with Crippen molar-refractivity contribution in [2.75, 3.05) is 6.54 Å². The summed E-state index contributed by atoms with van der Waals surface area (Å²) in [6, 6.07) is 7.61. The Morgan fingerprint density at radius 3 is 2.67 bits per heavy atom. The van der Waals surface area contributed by atoms with Gasteiger partial charge < -0.3 is 15.0 Å². The maximum atomic E-state index is 12.8. The summed E-state index contributed by atoms with van der Waals surface area (Å²) in [6.45, 7) is -0.233. The molecule has 0 unspecified atom stereocenters. The van der Waals surface area contributed by atoms with Crippen LogP contribution in [0.1, 0.15) is 36.0 Å². The van der Waals surface area contributed by atoms with Crippen molar-refractivity contribution >= 4 is 22.8 Å². The van der Waals surface area contributed by atoms with Crippen LogP contribution >= 0.6 is 0 Å². The zero-order valence-electron chi connectivity index (χ0n) is 11.7. The fourth-order valence-corrected chi connectivity index (χ4v) is 3.13. The van der Waals surface area contributed by atoms with E-state index >= 15 is 0 Å². The van der Waals surface area contributed by atoms with Crippen LogP contribution < -0.4 is 0 Å². The Kier molecular flexibility index (Phi) is 3.64. The predicted octanol–water partition coefficient (Wildman–Crippen LogP) is 2.64. The summed E-state index contributed by atoms with van der Waals surface area (Å²) in [6.07, 6.45) is 5.57. The Morgan fingerprint density at radius 1 is 1.24 bits per heavy atom. The summed E-state index contributed by atoms with van der Waals surface area (Å²) in [5, 5.41) is 9.95. The van der Waals surface area contributed by atoms with Gasteiger partial charge in [0.05, 0.1) is 5.56 Å². The van der Waals surface area contributed by atoms with Crippen molar-refractivity contribution in [1.29, 1.82) is 0 Å². The number of aromatic nitrogens is 1. The van der Waals surface area contributed by atoms with E-state index in [0.29, 0.717) is 5.56 Å². The maximum Gasteiger partial charge on any atom is 0.323 e. The molecule has 21 heavy (non-hydrogen) atoms. The van der Waals surface area contributed by atoms with E-state index in [2.05, 4.69) is 4.98 Å². The van der Waals surface area contributed by atoms with E-state index in [9.17, 15) is 9.59 Å². The van der Waals surface area contributed by atoms with E-state index in [1.807, 2.05) is 24.3 Å². The quantitative estimate of drug-likeness (QED) is 0.907. The molecule has 0 spiro atoms. The van der Waals surface area contributed by atoms with Crippen molar-refractivity contribution in [3.63, 3.8) is 0 Å². The lowest BCUT2D eigenvalue weighted by molar-refractivity contribution is -0.138.